The Labute approximate surface area is 131 Å². The summed E-state index contributed by atoms with van der Waals surface area (Å²) in [5.74, 6) is 0.523. The summed E-state index contributed by atoms with van der Waals surface area (Å²) >= 11 is 3.51. The first-order valence-corrected chi connectivity index (χ1v) is 7.50. The highest BCUT2D eigenvalue weighted by Crippen LogP contribution is 2.30. The van der Waals surface area contributed by atoms with Crippen LogP contribution < -0.4 is 5.32 Å². The lowest BCUT2D eigenvalue weighted by Crippen LogP contribution is -2.17. The molecule has 0 aliphatic carbocycles. The quantitative estimate of drug-likeness (QED) is 0.724. The second-order valence-corrected chi connectivity index (χ2v) is 5.92. The van der Waals surface area contributed by atoms with Crippen molar-refractivity contribution in [3.05, 3.63) is 69.6 Å². The van der Waals surface area contributed by atoms with Gasteiger partial charge in [-0.2, -0.15) is 0 Å². The van der Waals surface area contributed by atoms with Gasteiger partial charge in [0.2, 0.25) is 0 Å². The van der Waals surface area contributed by atoms with Crippen LogP contribution in [-0.2, 0) is 0 Å². The zero-order chi connectivity index (χ0) is 15.0. The molecule has 2 nitrogen and oxygen atoms in total. The smallest absolute Gasteiger partial charge is 0.134 e. The summed E-state index contributed by atoms with van der Waals surface area (Å²) in [5.41, 5.74) is 2.97. The zero-order valence-electron chi connectivity index (χ0n) is 11.8. The van der Waals surface area contributed by atoms with Crippen molar-refractivity contribution in [2.75, 3.05) is 7.05 Å². The third-order valence-corrected chi connectivity index (χ3v) is 4.48. The fourth-order valence-electron chi connectivity index (χ4n) is 2.50. The monoisotopic (exact) mass is 347 g/mol. The molecule has 1 heterocycles. The van der Waals surface area contributed by atoms with Gasteiger partial charge in [-0.25, -0.2) is 4.39 Å². The average molecular weight is 348 g/mol. The minimum absolute atomic E-state index is 0.0627. The second kappa shape index (κ2) is 5.62. The minimum atomic E-state index is -0.254. The Bertz CT molecular complexity index is 797. The largest absolute Gasteiger partial charge is 0.459 e. The number of nitrogens with one attached hydrogen (secondary N) is 1. The first-order chi connectivity index (χ1) is 10.1. The van der Waals surface area contributed by atoms with Crippen LogP contribution in [0.1, 0.15) is 22.9 Å². The standard InChI is InChI=1S/C17H15BrFNO/c1-10-7-11(3-5-14(10)18)17(20-2)16-9-12-8-13(19)4-6-15(12)21-16/h3-9,17,20H,1-2H3. The molecule has 0 radical (unpaired) electrons. The molecule has 4 heteroatoms. The molecule has 2 aromatic carbocycles. The van der Waals surface area contributed by atoms with Crippen LogP contribution in [0.3, 0.4) is 0 Å². The van der Waals surface area contributed by atoms with Gasteiger partial charge in [-0.15, -0.1) is 0 Å². The summed E-state index contributed by atoms with van der Waals surface area (Å²) in [6.45, 7) is 2.05. The molecule has 21 heavy (non-hydrogen) atoms. The molecule has 0 bridgehead atoms. The number of furan rings is 1. The number of fused-ring (bicyclic) bond motifs is 1. The fourth-order valence-corrected chi connectivity index (χ4v) is 2.74. The number of aryl methyl sites for hydroxylation is 1. The molecule has 0 aliphatic rings. The van der Waals surface area contributed by atoms with Crippen molar-refractivity contribution < 1.29 is 8.81 Å². The van der Waals surface area contributed by atoms with E-state index in [0.29, 0.717) is 5.58 Å². The van der Waals surface area contributed by atoms with Gasteiger partial charge in [0.25, 0.3) is 0 Å². The van der Waals surface area contributed by atoms with Gasteiger partial charge in [0.1, 0.15) is 17.2 Å². The van der Waals surface area contributed by atoms with Crippen molar-refractivity contribution >= 4 is 26.9 Å². The maximum Gasteiger partial charge on any atom is 0.134 e. The van der Waals surface area contributed by atoms with Crippen molar-refractivity contribution in [2.45, 2.75) is 13.0 Å². The van der Waals surface area contributed by atoms with Gasteiger partial charge in [-0.3, -0.25) is 0 Å². The molecule has 0 aliphatic heterocycles. The lowest BCUT2D eigenvalue weighted by atomic mass is 10.0. The number of rotatable bonds is 3. The maximum atomic E-state index is 13.3. The molecule has 0 saturated carbocycles. The van der Waals surface area contributed by atoms with Crippen molar-refractivity contribution in [3.63, 3.8) is 0 Å². The van der Waals surface area contributed by atoms with Gasteiger partial charge in [-0.05, 0) is 55.4 Å². The van der Waals surface area contributed by atoms with Crippen molar-refractivity contribution in [1.82, 2.24) is 5.32 Å². The Hall–Kier alpha value is -1.65. The van der Waals surface area contributed by atoms with Crippen LogP contribution in [0.4, 0.5) is 4.39 Å². The lowest BCUT2D eigenvalue weighted by molar-refractivity contribution is 0.491. The molecule has 0 spiro atoms. The number of hydrogen-bond donors (Lipinski definition) is 1. The van der Waals surface area contributed by atoms with Crippen LogP contribution in [0.2, 0.25) is 0 Å². The fraction of sp³-hybridized carbons (Fsp3) is 0.176. The predicted octanol–water partition coefficient (Wildman–Crippen LogP) is 4.95. The van der Waals surface area contributed by atoms with Crippen molar-refractivity contribution in [1.29, 1.82) is 0 Å². The number of benzene rings is 2. The molecule has 1 unspecified atom stereocenters. The Balaban J connectivity index is 2.06. The molecule has 0 fully saturated rings. The molecule has 3 aromatic rings. The van der Waals surface area contributed by atoms with E-state index < -0.39 is 0 Å². The van der Waals surface area contributed by atoms with Gasteiger partial charge in [-0.1, -0.05) is 28.1 Å². The van der Waals surface area contributed by atoms with Crippen LogP contribution in [0.5, 0.6) is 0 Å². The first kappa shape index (κ1) is 14.3. The Kier molecular flexibility index (Phi) is 3.83. The highest BCUT2D eigenvalue weighted by atomic mass is 79.9. The van der Waals surface area contributed by atoms with Gasteiger partial charge in [0, 0.05) is 9.86 Å². The van der Waals surface area contributed by atoms with Crippen molar-refractivity contribution in [2.24, 2.45) is 0 Å². The van der Waals surface area contributed by atoms with E-state index in [1.54, 1.807) is 6.07 Å². The molecule has 0 saturated heterocycles. The van der Waals surface area contributed by atoms with Gasteiger partial charge in [0.15, 0.2) is 0 Å². The van der Waals surface area contributed by atoms with E-state index in [2.05, 4.69) is 27.3 Å². The van der Waals surface area contributed by atoms with Crippen LogP contribution in [0.15, 0.2) is 51.4 Å². The minimum Gasteiger partial charge on any atom is -0.459 e. The van der Waals surface area contributed by atoms with Gasteiger partial charge < -0.3 is 9.73 Å². The zero-order valence-corrected chi connectivity index (χ0v) is 13.4. The number of halogens is 2. The Morgan fingerprint density at radius 2 is 1.95 bits per heavy atom. The van der Waals surface area contributed by atoms with E-state index in [0.717, 1.165) is 26.7 Å². The molecule has 1 aromatic heterocycles. The van der Waals surface area contributed by atoms with Crippen LogP contribution in [0, 0.1) is 12.7 Å². The normalized spacial score (nSPS) is 12.8. The van der Waals surface area contributed by atoms with E-state index in [1.165, 1.54) is 12.1 Å². The van der Waals surface area contributed by atoms with E-state index >= 15 is 0 Å². The molecular weight excluding hydrogens is 333 g/mol. The van der Waals surface area contributed by atoms with E-state index in [-0.39, 0.29) is 11.9 Å². The van der Waals surface area contributed by atoms with Crippen LogP contribution >= 0.6 is 15.9 Å². The SMILES string of the molecule is CNC(c1ccc(Br)c(C)c1)c1cc2cc(F)ccc2o1. The highest BCUT2D eigenvalue weighted by Gasteiger charge is 2.17. The summed E-state index contributed by atoms with van der Waals surface area (Å²) in [7, 11) is 1.88. The summed E-state index contributed by atoms with van der Waals surface area (Å²) in [4.78, 5) is 0. The Morgan fingerprint density at radius 3 is 2.67 bits per heavy atom. The summed E-state index contributed by atoms with van der Waals surface area (Å²) in [6.07, 6.45) is 0. The summed E-state index contributed by atoms with van der Waals surface area (Å²) < 4.78 is 20.2. The first-order valence-electron chi connectivity index (χ1n) is 6.71. The topological polar surface area (TPSA) is 25.2 Å². The predicted molar refractivity (Wildman–Crippen MR) is 86.0 cm³/mol. The van der Waals surface area contributed by atoms with Crippen LogP contribution in [0.25, 0.3) is 11.0 Å². The average Bonchev–Trinajstić information content (AvgIpc) is 2.86. The molecule has 3 rings (SSSR count). The van der Waals surface area contributed by atoms with E-state index in [4.69, 9.17) is 4.42 Å². The van der Waals surface area contributed by atoms with E-state index in [9.17, 15) is 4.39 Å². The molecule has 108 valence electrons. The molecule has 0 amide bonds. The summed E-state index contributed by atoms with van der Waals surface area (Å²) in [5, 5.41) is 4.03. The summed E-state index contributed by atoms with van der Waals surface area (Å²) in [6, 6.07) is 12.6. The molecule has 1 N–H and O–H groups in total. The van der Waals surface area contributed by atoms with Crippen LogP contribution in [-0.4, -0.2) is 7.05 Å². The second-order valence-electron chi connectivity index (χ2n) is 5.06. The maximum absolute atomic E-state index is 13.3. The number of hydrogen-bond acceptors (Lipinski definition) is 2. The molecular formula is C17H15BrFNO. The van der Waals surface area contributed by atoms with E-state index in [1.807, 2.05) is 32.2 Å². The Morgan fingerprint density at radius 1 is 1.14 bits per heavy atom. The molecule has 1 atom stereocenters. The highest BCUT2D eigenvalue weighted by molar-refractivity contribution is 9.10. The van der Waals surface area contributed by atoms with Gasteiger partial charge in [0.05, 0.1) is 6.04 Å². The third-order valence-electron chi connectivity index (χ3n) is 3.59. The lowest BCUT2D eigenvalue weighted by Gasteiger charge is -2.15. The third kappa shape index (κ3) is 2.74. The van der Waals surface area contributed by atoms with Gasteiger partial charge >= 0.3 is 0 Å². The van der Waals surface area contributed by atoms with Crippen molar-refractivity contribution in [3.8, 4) is 0 Å².